The minimum absolute atomic E-state index is 0.0985. The molecule has 1 aromatic carbocycles. The van der Waals surface area contributed by atoms with Crippen molar-refractivity contribution in [3.05, 3.63) is 64.3 Å². The van der Waals surface area contributed by atoms with E-state index in [1.165, 1.54) is 16.4 Å². The van der Waals surface area contributed by atoms with E-state index < -0.39 is 12.0 Å². The highest BCUT2D eigenvalue weighted by molar-refractivity contribution is 8.00. The Kier molecular flexibility index (Phi) is 5.70. The van der Waals surface area contributed by atoms with Gasteiger partial charge in [0.2, 0.25) is 5.91 Å². The van der Waals surface area contributed by atoms with Crippen LogP contribution in [0.5, 0.6) is 5.75 Å². The Labute approximate surface area is 176 Å². The number of β-lactam (4-membered cyclic amide) rings is 1. The zero-order valence-corrected chi connectivity index (χ0v) is 17.2. The van der Waals surface area contributed by atoms with Gasteiger partial charge < -0.3 is 15.2 Å². The minimum Gasteiger partial charge on any atom is -0.497 e. The molecule has 0 bridgehead atoms. The van der Waals surface area contributed by atoms with Gasteiger partial charge in [0.1, 0.15) is 29.5 Å². The number of methoxy groups -OCH3 is 1. The van der Waals surface area contributed by atoms with Crippen LogP contribution >= 0.6 is 23.3 Å². The van der Waals surface area contributed by atoms with Crippen molar-refractivity contribution in [1.82, 2.24) is 9.27 Å². The lowest BCUT2D eigenvalue weighted by Crippen LogP contribution is -2.68. The second kappa shape index (κ2) is 8.40. The summed E-state index contributed by atoms with van der Waals surface area (Å²) in [6.07, 6.45) is 3.65. The van der Waals surface area contributed by atoms with E-state index in [9.17, 15) is 9.59 Å². The van der Waals surface area contributed by atoms with Gasteiger partial charge in [0.15, 0.2) is 0 Å². The number of nitrogens with two attached hydrogens (primary N) is 1. The molecular formula is C20H19N3O4S2. The predicted molar refractivity (Wildman–Crippen MR) is 112 cm³/mol. The Balaban J connectivity index is 1.56. The molecule has 0 radical (unpaired) electrons. The van der Waals surface area contributed by atoms with Gasteiger partial charge in [-0.2, -0.15) is 4.37 Å². The zero-order chi connectivity index (χ0) is 20.4. The molecule has 0 unspecified atom stereocenters. The Bertz CT molecular complexity index is 970. The second-order valence-electron chi connectivity index (χ2n) is 6.49. The molecular weight excluding hydrogens is 410 g/mol. The Hall–Kier alpha value is -2.62. The van der Waals surface area contributed by atoms with Gasteiger partial charge in [-0.25, -0.2) is 4.79 Å². The van der Waals surface area contributed by atoms with E-state index in [-0.39, 0.29) is 23.6 Å². The van der Waals surface area contributed by atoms with Crippen LogP contribution in [0.2, 0.25) is 0 Å². The molecule has 29 heavy (non-hydrogen) atoms. The van der Waals surface area contributed by atoms with Crippen LogP contribution in [0.4, 0.5) is 0 Å². The summed E-state index contributed by atoms with van der Waals surface area (Å²) in [6, 6.07) is 8.55. The van der Waals surface area contributed by atoms with Gasteiger partial charge in [-0.3, -0.25) is 9.69 Å². The fourth-order valence-electron chi connectivity index (χ4n) is 3.09. The molecule has 1 fully saturated rings. The maximum atomic E-state index is 12.9. The van der Waals surface area contributed by atoms with E-state index in [0.29, 0.717) is 5.75 Å². The van der Waals surface area contributed by atoms with Crippen molar-refractivity contribution < 1.29 is 19.1 Å². The molecule has 2 N–H and O–H groups in total. The smallest absolute Gasteiger partial charge is 0.355 e. The standard InChI is InChI=1S/C20H19N3O4S2/c1-26-15-6-2-12(3-7-15)10-27-20(25)17-13(4-5-14-8-9-29-22-14)11-28-19-16(21)18(24)23(17)19/h2-9,16,19H,10-11,21H2,1H3/b5-4+/t16-,19-/m1/s1. The van der Waals surface area contributed by atoms with Crippen LogP contribution in [0.1, 0.15) is 11.3 Å². The summed E-state index contributed by atoms with van der Waals surface area (Å²) in [7, 11) is 1.59. The number of allylic oxidation sites excluding steroid dienone is 1. The van der Waals surface area contributed by atoms with Crippen molar-refractivity contribution in [2.75, 3.05) is 12.9 Å². The van der Waals surface area contributed by atoms with Crippen LogP contribution in [0.3, 0.4) is 0 Å². The lowest BCUT2D eigenvalue weighted by Gasteiger charge is -2.48. The molecule has 2 atom stereocenters. The van der Waals surface area contributed by atoms with Crippen LogP contribution in [-0.4, -0.2) is 45.4 Å². The Morgan fingerprint density at radius 3 is 2.79 bits per heavy atom. The van der Waals surface area contributed by atoms with E-state index in [1.54, 1.807) is 31.0 Å². The molecule has 0 spiro atoms. The number of aromatic nitrogens is 1. The van der Waals surface area contributed by atoms with Crippen LogP contribution in [0, 0.1) is 0 Å². The van der Waals surface area contributed by atoms with Gasteiger partial charge in [0.25, 0.3) is 0 Å². The van der Waals surface area contributed by atoms with E-state index in [4.69, 9.17) is 15.2 Å². The van der Waals surface area contributed by atoms with Crippen LogP contribution in [0.25, 0.3) is 6.08 Å². The molecule has 3 heterocycles. The van der Waals surface area contributed by atoms with Crippen LogP contribution < -0.4 is 10.5 Å². The molecule has 0 aliphatic carbocycles. The fraction of sp³-hybridized carbons (Fsp3) is 0.250. The quantitative estimate of drug-likeness (QED) is 0.557. The van der Waals surface area contributed by atoms with Gasteiger partial charge in [0, 0.05) is 11.1 Å². The molecule has 2 aliphatic heterocycles. The summed E-state index contributed by atoms with van der Waals surface area (Å²) in [5.41, 5.74) is 8.51. The third-order valence-electron chi connectivity index (χ3n) is 4.67. The number of benzene rings is 1. The lowest BCUT2D eigenvalue weighted by atomic mass is 10.0. The van der Waals surface area contributed by atoms with Crippen molar-refractivity contribution in [3.8, 4) is 5.75 Å². The average Bonchev–Trinajstić information content (AvgIpc) is 3.28. The SMILES string of the molecule is COc1ccc(COC(=O)C2=C(/C=C/c3ccsn3)CS[C@@H]3[C@H](N)C(=O)N23)cc1. The van der Waals surface area contributed by atoms with Crippen LogP contribution in [0.15, 0.2) is 53.1 Å². The summed E-state index contributed by atoms with van der Waals surface area (Å²) < 4.78 is 14.9. The number of nitrogens with zero attached hydrogens (tertiary/aromatic N) is 2. The first-order chi connectivity index (χ1) is 14.1. The van der Waals surface area contributed by atoms with Crippen molar-refractivity contribution in [1.29, 1.82) is 0 Å². The monoisotopic (exact) mass is 429 g/mol. The molecule has 9 heteroatoms. The van der Waals surface area contributed by atoms with Crippen molar-refractivity contribution >= 4 is 41.2 Å². The maximum absolute atomic E-state index is 12.9. The summed E-state index contributed by atoms with van der Waals surface area (Å²) in [5.74, 6) is 0.488. The lowest BCUT2D eigenvalue weighted by molar-refractivity contribution is -0.151. The molecule has 1 amide bonds. The van der Waals surface area contributed by atoms with E-state index in [1.807, 2.05) is 35.7 Å². The summed E-state index contributed by atoms with van der Waals surface area (Å²) in [4.78, 5) is 26.7. The third-order valence-corrected chi connectivity index (χ3v) is 6.57. The van der Waals surface area contributed by atoms with Crippen molar-refractivity contribution in [3.63, 3.8) is 0 Å². The topological polar surface area (TPSA) is 94.7 Å². The minimum atomic E-state index is -0.589. The number of carbonyl (C=O) groups is 2. The van der Waals surface area contributed by atoms with Gasteiger partial charge in [-0.15, -0.1) is 11.8 Å². The maximum Gasteiger partial charge on any atom is 0.355 e. The largest absolute Gasteiger partial charge is 0.497 e. The van der Waals surface area contributed by atoms with E-state index in [2.05, 4.69) is 4.37 Å². The number of ether oxygens (including phenoxy) is 2. The summed E-state index contributed by atoms with van der Waals surface area (Å²) in [6.45, 7) is 0.0985. The number of hydrogen-bond donors (Lipinski definition) is 1. The molecule has 2 aliphatic rings. The number of rotatable bonds is 6. The van der Waals surface area contributed by atoms with Crippen molar-refractivity contribution in [2.24, 2.45) is 5.73 Å². The highest BCUT2D eigenvalue weighted by Crippen LogP contribution is 2.40. The van der Waals surface area contributed by atoms with E-state index >= 15 is 0 Å². The number of hydrogen-bond acceptors (Lipinski definition) is 8. The van der Waals surface area contributed by atoms with Gasteiger partial charge >= 0.3 is 5.97 Å². The fourth-order valence-corrected chi connectivity index (χ4v) is 4.86. The number of amides is 1. The highest BCUT2D eigenvalue weighted by Gasteiger charge is 2.51. The van der Waals surface area contributed by atoms with Gasteiger partial charge in [-0.1, -0.05) is 18.2 Å². The summed E-state index contributed by atoms with van der Waals surface area (Å²) >= 11 is 2.89. The third kappa shape index (κ3) is 3.93. The second-order valence-corrected chi connectivity index (χ2v) is 8.26. The van der Waals surface area contributed by atoms with Crippen LogP contribution in [-0.2, 0) is 20.9 Å². The Morgan fingerprint density at radius 2 is 2.10 bits per heavy atom. The molecule has 2 aromatic rings. The van der Waals surface area contributed by atoms with Gasteiger partial charge in [0.05, 0.1) is 12.8 Å². The molecule has 1 aromatic heterocycles. The zero-order valence-electron chi connectivity index (χ0n) is 15.6. The van der Waals surface area contributed by atoms with E-state index in [0.717, 1.165) is 22.6 Å². The first-order valence-electron chi connectivity index (χ1n) is 8.90. The molecule has 4 rings (SSSR count). The molecule has 7 nitrogen and oxygen atoms in total. The predicted octanol–water partition coefficient (Wildman–Crippen LogP) is 2.40. The van der Waals surface area contributed by atoms with Gasteiger partial charge in [-0.05, 0) is 46.9 Å². The normalized spacial score (nSPS) is 21.2. The number of esters is 1. The number of carbonyl (C=O) groups excluding carboxylic acids is 2. The molecule has 150 valence electrons. The molecule has 0 saturated carbocycles. The average molecular weight is 430 g/mol. The number of fused-ring (bicyclic) bond motifs is 1. The first-order valence-corrected chi connectivity index (χ1v) is 10.8. The Morgan fingerprint density at radius 1 is 1.31 bits per heavy atom. The first kappa shape index (κ1) is 19.7. The van der Waals surface area contributed by atoms with Crippen molar-refractivity contribution in [2.45, 2.75) is 18.0 Å². The summed E-state index contributed by atoms with van der Waals surface area (Å²) in [5, 5.41) is 1.64. The number of thioether (sulfide) groups is 1. The highest BCUT2D eigenvalue weighted by atomic mass is 32.2. The molecule has 1 saturated heterocycles.